The van der Waals surface area contributed by atoms with Crippen molar-refractivity contribution < 1.29 is 19.1 Å². The Hall–Kier alpha value is -4.90. The van der Waals surface area contributed by atoms with Crippen LogP contribution < -0.4 is 5.32 Å². The van der Waals surface area contributed by atoms with Crippen LogP contribution >= 0.6 is 0 Å². The molecule has 5 nitrogen and oxygen atoms in total. The molecule has 4 aromatic carbocycles. The fourth-order valence-corrected chi connectivity index (χ4v) is 6.39. The SMILES string of the molecule is O=C(Cc1cccc(-c2cccc(C(=O)O)c2)c1)NC(c1ccoc1)C1c2ccccc2CCC1Cc1ccccc1. The molecule has 6 rings (SSSR count). The van der Waals surface area contributed by atoms with Gasteiger partial charge in [-0.25, -0.2) is 4.79 Å². The molecule has 1 aliphatic rings. The Balaban J connectivity index is 1.28. The van der Waals surface area contributed by atoms with Crippen molar-refractivity contribution >= 4 is 11.9 Å². The van der Waals surface area contributed by atoms with Crippen LogP contribution in [0.1, 0.15) is 56.6 Å². The Morgan fingerprint density at radius 1 is 0.833 bits per heavy atom. The predicted molar refractivity (Wildman–Crippen MR) is 163 cm³/mol. The van der Waals surface area contributed by atoms with Gasteiger partial charge in [-0.15, -0.1) is 0 Å². The number of amides is 1. The number of carbonyl (C=O) groups excluding carboxylic acids is 1. The third kappa shape index (κ3) is 6.06. The van der Waals surface area contributed by atoms with E-state index in [4.69, 9.17) is 4.42 Å². The van der Waals surface area contributed by atoms with E-state index < -0.39 is 5.97 Å². The summed E-state index contributed by atoms with van der Waals surface area (Å²) < 4.78 is 5.53. The molecule has 1 heterocycles. The van der Waals surface area contributed by atoms with E-state index in [1.54, 1.807) is 30.7 Å². The molecule has 1 amide bonds. The summed E-state index contributed by atoms with van der Waals surface area (Å²) in [4.78, 5) is 25.2. The van der Waals surface area contributed by atoms with E-state index in [2.05, 4.69) is 53.8 Å². The van der Waals surface area contributed by atoms with E-state index in [-0.39, 0.29) is 29.9 Å². The first-order valence-electron chi connectivity index (χ1n) is 14.4. The molecule has 3 unspecified atom stereocenters. The van der Waals surface area contributed by atoms with E-state index in [9.17, 15) is 14.7 Å². The van der Waals surface area contributed by atoms with Gasteiger partial charge < -0.3 is 14.8 Å². The Morgan fingerprint density at radius 3 is 2.36 bits per heavy atom. The number of hydrogen-bond donors (Lipinski definition) is 2. The second kappa shape index (κ2) is 12.3. The Morgan fingerprint density at radius 2 is 1.57 bits per heavy atom. The van der Waals surface area contributed by atoms with Gasteiger partial charge >= 0.3 is 5.97 Å². The highest BCUT2D eigenvalue weighted by atomic mass is 16.4. The first kappa shape index (κ1) is 27.3. The number of furan rings is 1. The van der Waals surface area contributed by atoms with Gasteiger partial charge in [-0.3, -0.25) is 4.79 Å². The zero-order valence-electron chi connectivity index (χ0n) is 23.3. The van der Waals surface area contributed by atoms with Crippen LogP contribution in [-0.2, 0) is 24.1 Å². The van der Waals surface area contributed by atoms with Crippen LogP contribution in [0.2, 0.25) is 0 Å². The molecule has 0 bridgehead atoms. The van der Waals surface area contributed by atoms with Crippen molar-refractivity contribution in [2.75, 3.05) is 0 Å². The molecular weight excluding hydrogens is 522 g/mol. The molecule has 0 spiro atoms. The van der Waals surface area contributed by atoms with Gasteiger partial charge in [0, 0.05) is 11.5 Å². The largest absolute Gasteiger partial charge is 0.478 e. The van der Waals surface area contributed by atoms with Gasteiger partial charge in [0.05, 0.1) is 30.6 Å². The lowest BCUT2D eigenvalue weighted by Crippen LogP contribution is -2.38. The molecule has 0 radical (unpaired) electrons. The average molecular weight is 556 g/mol. The van der Waals surface area contributed by atoms with Crippen LogP contribution in [-0.4, -0.2) is 17.0 Å². The summed E-state index contributed by atoms with van der Waals surface area (Å²) in [6.07, 6.45) is 6.62. The van der Waals surface area contributed by atoms with Gasteiger partial charge in [-0.2, -0.15) is 0 Å². The molecule has 3 atom stereocenters. The molecule has 5 heteroatoms. The standard InChI is InChI=1S/C37H33NO4/c39-34(22-26-10-6-12-28(21-26)29-13-7-14-31(23-29)37(40)41)38-36(32-18-19-42-24-32)35-30(20-25-8-2-1-3-9-25)17-16-27-11-4-5-15-33(27)35/h1-15,18-19,21,23-24,30,35-36H,16-17,20,22H2,(H,38,39)(H,40,41). The minimum atomic E-state index is -0.965. The molecule has 210 valence electrons. The smallest absolute Gasteiger partial charge is 0.335 e. The van der Waals surface area contributed by atoms with E-state index in [1.807, 2.05) is 42.5 Å². The number of carboxylic acids is 1. The predicted octanol–water partition coefficient (Wildman–Crippen LogP) is 7.63. The molecule has 1 aliphatic carbocycles. The van der Waals surface area contributed by atoms with E-state index in [0.717, 1.165) is 41.5 Å². The second-order valence-electron chi connectivity index (χ2n) is 11.1. The minimum absolute atomic E-state index is 0.0702. The molecule has 2 N–H and O–H groups in total. The Bertz CT molecular complexity index is 1680. The summed E-state index contributed by atoms with van der Waals surface area (Å²) in [6.45, 7) is 0. The maximum Gasteiger partial charge on any atom is 0.335 e. The van der Waals surface area contributed by atoms with Gasteiger partial charge in [0.25, 0.3) is 0 Å². The number of nitrogens with one attached hydrogen (secondary N) is 1. The highest BCUT2D eigenvalue weighted by Gasteiger charge is 2.37. The third-order valence-electron chi connectivity index (χ3n) is 8.36. The number of aryl methyl sites for hydroxylation is 1. The van der Waals surface area contributed by atoms with Gasteiger partial charge in [-0.05, 0) is 76.8 Å². The van der Waals surface area contributed by atoms with Crippen molar-refractivity contribution in [1.82, 2.24) is 5.32 Å². The van der Waals surface area contributed by atoms with Crippen molar-refractivity contribution in [1.29, 1.82) is 0 Å². The highest BCUT2D eigenvalue weighted by molar-refractivity contribution is 5.89. The first-order valence-corrected chi connectivity index (χ1v) is 14.4. The lowest BCUT2D eigenvalue weighted by Gasteiger charge is -2.39. The summed E-state index contributed by atoms with van der Waals surface area (Å²) in [5.74, 6) is -0.610. The van der Waals surface area contributed by atoms with Crippen molar-refractivity contribution in [3.05, 3.63) is 155 Å². The number of carbonyl (C=O) groups is 2. The molecule has 0 saturated heterocycles. The van der Waals surface area contributed by atoms with Crippen LogP contribution in [0.4, 0.5) is 0 Å². The topological polar surface area (TPSA) is 79.5 Å². The zero-order valence-corrected chi connectivity index (χ0v) is 23.3. The Labute approximate surface area is 245 Å². The van der Waals surface area contributed by atoms with Gasteiger partial charge in [0.15, 0.2) is 0 Å². The van der Waals surface area contributed by atoms with E-state index in [1.165, 1.54) is 16.7 Å². The molecule has 1 aromatic heterocycles. The number of benzene rings is 4. The summed E-state index contributed by atoms with van der Waals surface area (Å²) in [5, 5.41) is 12.8. The molecule has 0 aliphatic heterocycles. The van der Waals surface area contributed by atoms with Gasteiger partial charge in [0.2, 0.25) is 5.91 Å². The molecule has 42 heavy (non-hydrogen) atoms. The monoisotopic (exact) mass is 555 g/mol. The number of carboxylic acid groups (broad SMARTS) is 1. The zero-order chi connectivity index (χ0) is 28.9. The van der Waals surface area contributed by atoms with Crippen molar-refractivity contribution in [2.45, 2.75) is 37.6 Å². The number of aromatic carboxylic acids is 1. The van der Waals surface area contributed by atoms with Crippen LogP contribution in [0.25, 0.3) is 11.1 Å². The van der Waals surface area contributed by atoms with E-state index in [0.29, 0.717) is 5.92 Å². The summed E-state index contributed by atoms with van der Waals surface area (Å²) in [5.41, 5.74) is 7.66. The number of hydrogen-bond acceptors (Lipinski definition) is 3. The molecule has 5 aromatic rings. The summed E-state index contributed by atoms with van der Waals surface area (Å²) in [6, 6.07) is 35.5. The van der Waals surface area contributed by atoms with Gasteiger partial charge in [0.1, 0.15) is 0 Å². The fourth-order valence-electron chi connectivity index (χ4n) is 6.39. The average Bonchev–Trinajstić information content (AvgIpc) is 3.56. The molecular formula is C37H33NO4. The summed E-state index contributed by atoms with van der Waals surface area (Å²) >= 11 is 0. The minimum Gasteiger partial charge on any atom is -0.478 e. The lowest BCUT2D eigenvalue weighted by molar-refractivity contribution is -0.121. The van der Waals surface area contributed by atoms with Crippen LogP contribution in [0, 0.1) is 5.92 Å². The first-order chi connectivity index (χ1) is 20.5. The van der Waals surface area contributed by atoms with Crippen molar-refractivity contribution in [3.8, 4) is 11.1 Å². The fraction of sp³-hybridized carbons (Fsp3) is 0.189. The van der Waals surface area contributed by atoms with Crippen molar-refractivity contribution in [2.24, 2.45) is 5.92 Å². The quantitative estimate of drug-likeness (QED) is 0.196. The van der Waals surface area contributed by atoms with Crippen LogP contribution in [0.15, 0.2) is 126 Å². The summed E-state index contributed by atoms with van der Waals surface area (Å²) in [7, 11) is 0. The molecule has 0 saturated carbocycles. The Kier molecular flexibility index (Phi) is 8.00. The van der Waals surface area contributed by atoms with Crippen LogP contribution in [0.5, 0.6) is 0 Å². The lowest BCUT2D eigenvalue weighted by atomic mass is 9.68. The number of rotatable bonds is 9. The third-order valence-corrected chi connectivity index (χ3v) is 8.36. The number of fused-ring (bicyclic) bond motifs is 1. The maximum atomic E-state index is 13.7. The van der Waals surface area contributed by atoms with Crippen molar-refractivity contribution in [3.63, 3.8) is 0 Å². The molecule has 0 fully saturated rings. The van der Waals surface area contributed by atoms with E-state index >= 15 is 0 Å². The second-order valence-corrected chi connectivity index (χ2v) is 11.1. The van der Waals surface area contributed by atoms with Crippen LogP contribution in [0.3, 0.4) is 0 Å². The maximum absolute atomic E-state index is 13.7. The normalized spacial score (nSPS) is 16.8. The van der Waals surface area contributed by atoms with Gasteiger partial charge in [-0.1, -0.05) is 91.0 Å². The highest BCUT2D eigenvalue weighted by Crippen LogP contribution is 2.45.